The van der Waals surface area contributed by atoms with Crippen molar-refractivity contribution in [3.05, 3.63) is 66.4 Å². The van der Waals surface area contributed by atoms with Crippen LogP contribution in [0.4, 0.5) is 0 Å². The summed E-state index contributed by atoms with van der Waals surface area (Å²) in [6.45, 7) is 2.12. The summed E-state index contributed by atoms with van der Waals surface area (Å²) >= 11 is 0. The van der Waals surface area contributed by atoms with Crippen LogP contribution in [0.2, 0.25) is 0 Å². The van der Waals surface area contributed by atoms with Gasteiger partial charge in [-0.3, -0.25) is 0 Å². The molecule has 0 fully saturated rings. The van der Waals surface area contributed by atoms with Crippen LogP contribution in [-0.2, 0) is 4.74 Å². The Morgan fingerprint density at radius 2 is 1.79 bits per heavy atom. The van der Waals surface area contributed by atoms with Crippen molar-refractivity contribution in [3.8, 4) is 11.3 Å². The van der Waals surface area contributed by atoms with Crippen molar-refractivity contribution in [2.75, 3.05) is 6.61 Å². The second kappa shape index (κ2) is 5.81. The Balaban J connectivity index is 2.05. The van der Waals surface area contributed by atoms with Gasteiger partial charge < -0.3 is 9.72 Å². The zero-order valence-electron chi connectivity index (χ0n) is 13.2. The molecule has 0 radical (unpaired) electrons. The molecule has 0 unspecified atom stereocenters. The van der Waals surface area contributed by atoms with Crippen LogP contribution >= 0.6 is 0 Å². The van der Waals surface area contributed by atoms with Gasteiger partial charge in [-0.05, 0) is 19.1 Å². The predicted molar refractivity (Wildman–Crippen MR) is 95.0 cm³/mol. The molecule has 0 atom stereocenters. The van der Waals surface area contributed by atoms with Crippen LogP contribution in [0.15, 0.2) is 60.7 Å². The molecule has 1 N–H and O–H groups in total. The number of para-hydroxylation sites is 1. The average Bonchev–Trinajstić information content (AvgIpc) is 3.00. The molecule has 0 saturated heterocycles. The molecule has 4 nitrogen and oxygen atoms in total. The molecule has 24 heavy (non-hydrogen) atoms. The number of aromatic nitrogens is 2. The minimum Gasteiger partial charge on any atom is -0.461 e. The van der Waals surface area contributed by atoms with Crippen molar-refractivity contribution >= 4 is 27.8 Å². The molecule has 0 bridgehead atoms. The number of aromatic amines is 1. The fourth-order valence-corrected chi connectivity index (χ4v) is 2.98. The highest BCUT2D eigenvalue weighted by atomic mass is 16.5. The van der Waals surface area contributed by atoms with Gasteiger partial charge in [-0.1, -0.05) is 48.5 Å². The molecule has 4 heteroatoms. The van der Waals surface area contributed by atoms with E-state index in [1.165, 1.54) is 0 Å². The SMILES string of the molecule is CCOC(=O)c1nc(-c2ccccc2)cc2[nH]c3ccccc3c12. The summed E-state index contributed by atoms with van der Waals surface area (Å²) in [4.78, 5) is 20.5. The van der Waals surface area contributed by atoms with Gasteiger partial charge in [-0.25, -0.2) is 9.78 Å². The molecule has 118 valence electrons. The lowest BCUT2D eigenvalue weighted by Gasteiger charge is -2.07. The van der Waals surface area contributed by atoms with E-state index in [0.717, 1.165) is 33.1 Å². The van der Waals surface area contributed by atoms with Gasteiger partial charge in [0.15, 0.2) is 5.69 Å². The zero-order valence-corrected chi connectivity index (χ0v) is 13.2. The Morgan fingerprint density at radius 1 is 1.04 bits per heavy atom. The molecule has 0 aliphatic carbocycles. The maximum Gasteiger partial charge on any atom is 0.357 e. The number of rotatable bonds is 3. The van der Waals surface area contributed by atoms with E-state index in [9.17, 15) is 4.79 Å². The molecular formula is C20H16N2O2. The number of nitrogens with one attached hydrogen (secondary N) is 1. The van der Waals surface area contributed by atoms with Gasteiger partial charge in [0, 0.05) is 21.9 Å². The quantitative estimate of drug-likeness (QED) is 0.564. The topological polar surface area (TPSA) is 55.0 Å². The van der Waals surface area contributed by atoms with E-state index in [0.29, 0.717) is 12.3 Å². The van der Waals surface area contributed by atoms with Crippen LogP contribution in [0.25, 0.3) is 33.1 Å². The Hall–Kier alpha value is -3.14. The number of pyridine rings is 1. The first-order valence-electron chi connectivity index (χ1n) is 7.92. The molecule has 0 aliphatic rings. The van der Waals surface area contributed by atoms with Crippen LogP contribution in [0.1, 0.15) is 17.4 Å². The molecule has 0 spiro atoms. The molecule has 2 aromatic carbocycles. The number of nitrogens with zero attached hydrogens (tertiary/aromatic N) is 1. The van der Waals surface area contributed by atoms with Gasteiger partial charge in [0.05, 0.1) is 17.8 Å². The lowest BCUT2D eigenvalue weighted by atomic mass is 10.1. The Morgan fingerprint density at radius 3 is 2.58 bits per heavy atom. The highest BCUT2D eigenvalue weighted by Gasteiger charge is 2.19. The molecule has 2 heterocycles. The molecule has 0 aliphatic heterocycles. The number of hydrogen-bond acceptors (Lipinski definition) is 3. The summed E-state index contributed by atoms with van der Waals surface area (Å²) in [5, 5.41) is 1.78. The van der Waals surface area contributed by atoms with Crippen molar-refractivity contribution in [3.63, 3.8) is 0 Å². The van der Waals surface area contributed by atoms with E-state index in [2.05, 4.69) is 9.97 Å². The molecule has 2 aromatic heterocycles. The van der Waals surface area contributed by atoms with Gasteiger partial charge in [0.1, 0.15) is 0 Å². The third kappa shape index (κ3) is 2.33. The van der Waals surface area contributed by atoms with Gasteiger partial charge in [-0.2, -0.15) is 0 Å². The van der Waals surface area contributed by atoms with E-state index in [1.54, 1.807) is 6.92 Å². The maximum absolute atomic E-state index is 12.5. The van der Waals surface area contributed by atoms with Gasteiger partial charge in [-0.15, -0.1) is 0 Å². The van der Waals surface area contributed by atoms with Gasteiger partial charge in [0.2, 0.25) is 0 Å². The molecule has 4 aromatic rings. The van der Waals surface area contributed by atoms with Crippen molar-refractivity contribution < 1.29 is 9.53 Å². The largest absolute Gasteiger partial charge is 0.461 e. The standard InChI is InChI=1S/C20H16N2O2/c1-2-24-20(23)19-18-14-10-6-7-11-15(14)21-17(18)12-16(22-19)13-8-4-3-5-9-13/h3-12,21H,2H2,1H3. The Kier molecular flexibility index (Phi) is 3.50. The average molecular weight is 316 g/mol. The summed E-state index contributed by atoms with van der Waals surface area (Å²) in [5.74, 6) is -0.398. The normalized spacial score (nSPS) is 11.0. The second-order valence-corrected chi connectivity index (χ2v) is 5.54. The van der Waals surface area contributed by atoms with Crippen molar-refractivity contribution in [2.45, 2.75) is 6.92 Å². The Bertz CT molecular complexity index is 1040. The zero-order chi connectivity index (χ0) is 16.5. The third-order valence-electron chi connectivity index (χ3n) is 4.02. The van der Waals surface area contributed by atoms with Crippen molar-refractivity contribution in [1.82, 2.24) is 9.97 Å². The number of benzene rings is 2. The number of H-pyrrole nitrogens is 1. The van der Waals surface area contributed by atoms with Crippen LogP contribution in [-0.4, -0.2) is 22.5 Å². The smallest absolute Gasteiger partial charge is 0.357 e. The second-order valence-electron chi connectivity index (χ2n) is 5.54. The highest BCUT2D eigenvalue weighted by molar-refractivity contribution is 6.16. The predicted octanol–water partition coefficient (Wildman–Crippen LogP) is 4.56. The number of carbonyl (C=O) groups excluding carboxylic acids is 1. The first kappa shape index (κ1) is 14.5. The van der Waals surface area contributed by atoms with E-state index in [1.807, 2.05) is 60.7 Å². The number of carbonyl (C=O) groups is 1. The summed E-state index contributed by atoms with van der Waals surface area (Å²) in [5.41, 5.74) is 3.92. The van der Waals surface area contributed by atoms with E-state index in [-0.39, 0.29) is 0 Å². The van der Waals surface area contributed by atoms with Crippen molar-refractivity contribution in [2.24, 2.45) is 0 Å². The number of esters is 1. The Labute approximate surface area is 139 Å². The summed E-state index contributed by atoms with van der Waals surface area (Å²) < 4.78 is 5.23. The maximum atomic E-state index is 12.5. The van der Waals surface area contributed by atoms with Gasteiger partial charge >= 0.3 is 5.97 Å². The van der Waals surface area contributed by atoms with E-state index < -0.39 is 5.97 Å². The molecule has 0 saturated carbocycles. The van der Waals surface area contributed by atoms with Crippen molar-refractivity contribution in [1.29, 1.82) is 0 Å². The van der Waals surface area contributed by atoms with Crippen LogP contribution in [0, 0.1) is 0 Å². The minimum absolute atomic E-state index is 0.319. The van der Waals surface area contributed by atoms with E-state index >= 15 is 0 Å². The molecular weight excluding hydrogens is 300 g/mol. The first-order chi connectivity index (χ1) is 11.8. The lowest BCUT2D eigenvalue weighted by Crippen LogP contribution is -2.08. The number of hydrogen-bond donors (Lipinski definition) is 1. The monoisotopic (exact) mass is 316 g/mol. The summed E-state index contributed by atoms with van der Waals surface area (Å²) in [7, 11) is 0. The summed E-state index contributed by atoms with van der Waals surface area (Å²) in [6.07, 6.45) is 0. The first-order valence-corrected chi connectivity index (χ1v) is 7.92. The molecule has 4 rings (SSSR count). The number of ether oxygens (including phenoxy) is 1. The minimum atomic E-state index is -0.398. The fourth-order valence-electron chi connectivity index (χ4n) is 2.98. The lowest BCUT2D eigenvalue weighted by molar-refractivity contribution is 0.0522. The highest BCUT2D eigenvalue weighted by Crippen LogP contribution is 2.31. The van der Waals surface area contributed by atoms with Crippen LogP contribution in [0.3, 0.4) is 0 Å². The van der Waals surface area contributed by atoms with Gasteiger partial charge in [0.25, 0.3) is 0 Å². The third-order valence-corrected chi connectivity index (χ3v) is 4.02. The van der Waals surface area contributed by atoms with Crippen LogP contribution < -0.4 is 0 Å². The summed E-state index contributed by atoms with van der Waals surface area (Å²) in [6, 6.07) is 19.7. The fraction of sp³-hybridized carbons (Fsp3) is 0.100. The van der Waals surface area contributed by atoms with Crippen LogP contribution in [0.5, 0.6) is 0 Å². The molecule has 0 amide bonds. The van der Waals surface area contributed by atoms with E-state index in [4.69, 9.17) is 4.74 Å². The number of fused-ring (bicyclic) bond motifs is 3.